The Labute approximate surface area is 103 Å². The van der Waals surface area contributed by atoms with Gasteiger partial charge in [-0.3, -0.25) is 0 Å². The minimum atomic E-state index is -0.403. The summed E-state index contributed by atoms with van der Waals surface area (Å²) in [6, 6.07) is 4.68. The zero-order valence-electron chi connectivity index (χ0n) is 8.63. The SMILES string of the molecule is Cc1c[nH]c(=S)n1Cc1ccc(F)c(Cl)c1. The number of nitrogens with zero attached hydrogens (tertiary/aromatic N) is 1. The number of H-pyrrole nitrogens is 1. The van der Waals surface area contributed by atoms with E-state index in [2.05, 4.69) is 4.98 Å². The molecule has 16 heavy (non-hydrogen) atoms. The molecule has 0 spiro atoms. The third kappa shape index (κ3) is 2.18. The maximum atomic E-state index is 13.0. The Morgan fingerprint density at radius 1 is 1.50 bits per heavy atom. The summed E-state index contributed by atoms with van der Waals surface area (Å²) in [5, 5.41) is 0.136. The van der Waals surface area contributed by atoms with Gasteiger partial charge in [0.2, 0.25) is 0 Å². The molecule has 0 radical (unpaired) electrons. The molecule has 2 aromatic rings. The molecule has 0 bridgehead atoms. The minimum Gasteiger partial charge on any atom is -0.337 e. The Morgan fingerprint density at radius 2 is 2.25 bits per heavy atom. The van der Waals surface area contributed by atoms with Crippen LogP contribution < -0.4 is 0 Å². The molecule has 1 heterocycles. The molecule has 0 aliphatic carbocycles. The van der Waals surface area contributed by atoms with Crippen molar-refractivity contribution >= 4 is 23.8 Å². The number of aromatic nitrogens is 2. The first-order valence-corrected chi connectivity index (χ1v) is 5.55. The van der Waals surface area contributed by atoms with E-state index in [1.54, 1.807) is 12.1 Å². The summed E-state index contributed by atoms with van der Waals surface area (Å²) in [6.07, 6.45) is 1.84. The van der Waals surface area contributed by atoms with Crippen LogP contribution in [-0.2, 0) is 6.54 Å². The van der Waals surface area contributed by atoms with Crippen LogP contribution in [0.25, 0.3) is 0 Å². The summed E-state index contributed by atoms with van der Waals surface area (Å²) < 4.78 is 15.6. The van der Waals surface area contributed by atoms with E-state index in [9.17, 15) is 4.39 Å². The molecule has 0 fully saturated rings. The summed E-state index contributed by atoms with van der Waals surface area (Å²) >= 11 is 10.8. The highest BCUT2D eigenvalue weighted by molar-refractivity contribution is 7.71. The van der Waals surface area contributed by atoms with E-state index in [0.717, 1.165) is 11.3 Å². The van der Waals surface area contributed by atoms with Gasteiger partial charge in [0.25, 0.3) is 0 Å². The molecule has 84 valence electrons. The van der Waals surface area contributed by atoms with Crippen molar-refractivity contribution in [2.45, 2.75) is 13.5 Å². The van der Waals surface area contributed by atoms with Gasteiger partial charge in [0.1, 0.15) is 5.82 Å². The maximum Gasteiger partial charge on any atom is 0.177 e. The first-order chi connectivity index (χ1) is 7.58. The molecule has 0 amide bonds. The molecular formula is C11H10ClFN2S. The van der Waals surface area contributed by atoms with Crippen molar-refractivity contribution in [3.63, 3.8) is 0 Å². The largest absolute Gasteiger partial charge is 0.337 e. The molecule has 1 aromatic carbocycles. The minimum absolute atomic E-state index is 0.136. The lowest BCUT2D eigenvalue weighted by Gasteiger charge is -2.06. The van der Waals surface area contributed by atoms with Crippen LogP contribution >= 0.6 is 23.8 Å². The molecule has 0 saturated carbocycles. The molecule has 0 saturated heterocycles. The van der Waals surface area contributed by atoms with E-state index in [4.69, 9.17) is 23.8 Å². The molecular weight excluding hydrogens is 247 g/mol. The van der Waals surface area contributed by atoms with Gasteiger partial charge in [-0.15, -0.1) is 0 Å². The highest BCUT2D eigenvalue weighted by Gasteiger charge is 2.04. The lowest BCUT2D eigenvalue weighted by atomic mass is 10.2. The number of hydrogen-bond acceptors (Lipinski definition) is 1. The van der Waals surface area contributed by atoms with Crippen molar-refractivity contribution in [3.05, 3.63) is 51.3 Å². The lowest BCUT2D eigenvalue weighted by Crippen LogP contribution is -2.01. The van der Waals surface area contributed by atoms with Crippen molar-refractivity contribution in [2.75, 3.05) is 0 Å². The first-order valence-electron chi connectivity index (χ1n) is 4.76. The van der Waals surface area contributed by atoms with E-state index < -0.39 is 5.82 Å². The number of benzene rings is 1. The fourth-order valence-corrected chi connectivity index (χ4v) is 1.97. The van der Waals surface area contributed by atoms with Crippen molar-refractivity contribution in [1.29, 1.82) is 0 Å². The van der Waals surface area contributed by atoms with Gasteiger partial charge < -0.3 is 9.55 Å². The Morgan fingerprint density at radius 3 is 2.81 bits per heavy atom. The van der Waals surface area contributed by atoms with Gasteiger partial charge in [-0.05, 0) is 36.8 Å². The molecule has 2 rings (SSSR count). The third-order valence-electron chi connectivity index (χ3n) is 2.40. The summed E-state index contributed by atoms with van der Waals surface area (Å²) in [6.45, 7) is 2.55. The standard InChI is InChI=1S/C11H10ClFN2S/c1-7-5-14-11(16)15(7)6-8-2-3-10(13)9(12)4-8/h2-5H,6H2,1H3,(H,14,16). The molecule has 0 unspecified atom stereocenters. The van der Waals surface area contributed by atoms with Crippen molar-refractivity contribution in [1.82, 2.24) is 9.55 Å². The normalized spacial score (nSPS) is 10.7. The van der Waals surface area contributed by atoms with E-state index in [1.165, 1.54) is 6.07 Å². The number of rotatable bonds is 2. The molecule has 1 aromatic heterocycles. The highest BCUT2D eigenvalue weighted by Crippen LogP contribution is 2.17. The summed E-state index contributed by atoms with van der Waals surface area (Å²) in [7, 11) is 0. The summed E-state index contributed by atoms with van der Waals surface area (Å²) in [4.78, 5) is 2.95. The molecule has 0 aliphatic rings. The zero-order valence-corrected chi connectivity index (χ0v) is 10.2. The van der Waals surface area contributed by atoms with Crippen LogP contribution in [0.5, 0.6) is 0 Å². The van der Waals surface area contributed by atoms with Gasteiger partial charge in [-0.25, -0.2) is 4.39 Å². The number of aromatic amines is 1. The second kappa shape index (κ2) is 4.39. The number of imidazole rings is 1. The monoisotopic (exact) mass is 256 g/mol. The summed E-state index contributed by atoms with van der Waals surface area (Å²) in [5.74, 6) is -0.403. The van der Waals surface area contributed by atoms with Crippen LogP contribution in [0.4, 0.5) is 4.39 Å². The lowest BCUT2D eigenvalue weighted by molar-refractivity contribution is 0.626. The second-order valence-electron chi connectivity index (χ2n) is 3.57. The second-order valence-corrected chi connectivity index (χ2v) is 4.36. The van der Waals surface area contributed by atoms with Crippen molar-refractivity contribution < 1.29 is 4.39 Å². The van der Waals surface area contributed by atoms with Gasteiger partial charge in [-0.1, -0.05) is 17.7 Å². The van der Waals surface area contributed by atoms with Crippen molar-refractivity contribution in [2.24, 2.45) is 0 Å². The number of nitrogens with one attached hydrogen (secondary N) is 1. The van der Waals surface area contributed by atoms with Gasteiger partial charge in [0.15, 0.2) is 4.77 Å². The van der Waals surface area contributed by atoms with E-state index in [-0.39, 0.29) is 5.02 Å². The van der Waals surface area contributed by atoms with Gasteiger partial charge in [0, 0.05) is 11.9 Å². The van der Waals surface area contributed by atoms with Crippen LogP contribution in [-0.4, -0.2) is 9.55 Å². The van der Waals surface area contributed by atoms with Gasteiger partial charge >= 0.3 is 0 Å². The molecule has 2 nitrogen and oxygen atoms in total. The van der Waals surface area contributed by atoms with Crippen LogP contribution in [0.1, 0.15) is 11.3 Å². The first kappa shape index (κ1) is 11.4. The average molecular weight is 257 g/mol. The van der Waals surface area contributed by atoms with Crippen LogP contribution in [0.3, 0.4) is 0 Å². The van der Waals surface area contributed by atoms with E-state index in [0.29, 0.717) is 11.3 Å². The third-order valence-corrected chi connectivity index (χ3v) is 3.03. The molecule has 1 N–H and O–H groups in total. The van der Waals surface area contributed by atoms with Gasteiger partial charge in [-0.2, -0.15) is 0 Å². The fraction of sp³-hybridized carbons (Fsp3) is 0.182. The number of halogens is 2. The fourth-order valence-electron chi connectivity index (χ4n) is 1.50. The predicted octanol–water partition coefficient (Wildman–Crippen LogP) is 3.69. The number of hydrogen-bond donors (Lipinski definition) is 1. The Bertz CT molecular complexity index is 574. The van der Waals surface area contributed by atoms with E-state index >= 15 is 0 Å². The highest BCUT2D eigenvalue weighted by atomic mass is 35.5. The van der Waals surface area contributed by atoms with Crippen LogP contribution in [0.15, 0.2) is 24.4 Å². The molecule has 5 heteroatoms. The smallest absolute Gasteiger partial charge is 0.177 e. The maximum absolute atomic E-state index is 13.0. The van der Waals surface area contributed by atoms with Crippen molar-refractivity contribution in [3.8, 4) is 0 Å². The van der Waals surface area contributed by atoms with Crippen LogP contribution in [0, 0.1) is 17.5 Å². The molecule has 0 atom stereocenters. The zero-order chi connectivity index (χ0) is 11.7. The Kier molecular flexibility index (Phi) is 3.12. The predicted molar refractivity (Wildman–Crippen MR) is 64.9 cm³/mol. The summed E-state index contributed by atoms with van der Waals surface area (Å²) in [5.41, 5.74) is 1.95. The average Bonchev–Trinajstić information content (AvgIpc) is 2.55. The van der Waals surface area contributed by atoms with E-state index in [1.807, 2.05) is 17.7 Å². The topological polar surface area (TPSA) is 20.7 Å². The van der Waals surface area contributed by atoms with Crippen LogP contribution in [0.2, 0.25) is 5.02 Å². The Hall–Kier alpha value is -1.13. The molecule has 0 aliphatic heterocycles. The quantitative estimate of drug-likeness (QED) is 0.813. The Balaban J connectivity index is 2.34. The number of aryl methyl sites for hydroxylation is 1. The van der Waals surface area contributed by atoms with Gasteiger partial charge in [0.05, 0.1) is 11.6 Å².